The summed E-state index contributed by atoms with van der Waals surface area (Å²) in [6.45, 7) is 2.19. The fourth-order valence-corrected chi connectivity index (χ4v) is 3.15. The molecule has 0 radical (unpaired) electrons. The highest BCUT2D eigenvalue weighted by molar-refractivity contribution is 7.99. The zero-order chi connectivity index (χ0) is 12.3. The van der Waals surface area contributed by atoms with E-state index in [0.29, 0.717) is 0 Å². The van der Waals surface area contributed by atoms with E-state index in [1.807, 2.05) is 30.0 Å². The molecule has 0 unspecified atom stereocenters. The van der Waals surface area contributed by atoms with Crippen molar-refractivity contribution in [1.29, 1.82) is 0 Å². The van der Waals surface area contributed by atoms with Gasteiger partial charge in [0.15, 0.2) is 0 Å². The number of nitrogens with zero attached hydrogens (tertiary/aromatic N) is 1. The molecule has 0 amide bonds. The summed E-state index contributed by atoms with van der Waals surface area (Å²) in [7, 11) is 0. The first kappa shape index (κ1) is 13.1. The summed E-state index contributed by atoms with van der Waals surface area (Å²) in [6.07, 6.45) is 4.59. The molecule has 1 heterocycles. The molecule has 2 rings (SSSR count). The average molecular weight is 272 g/mol. The Bertz CT molecular complexity index is 378. The number of thioether (sulfide) groups is 1. The van der Waals surface area contributed by atoms with Gasteiger partial charge in [0.25, 0.3) is 0 Å². The second-order valence-corrected chi connectivity index (χ2v) is 5.93. The first-order valence-corrected chi connectivity index (χ1v) is 7.58. The Labute approximate surface area is 112 Å². The molecule has 2 nitrogen and oxygen atoms in total. The van der Waals surface area contributed by atoms with Crippen LogP contribution in [0.2, 0.25) is 5.02 Å². The molecule has 1 N–H and O–H groups in total. The first-order chi connectivity index (χ1) is 8.24. The predicted molar refractivity (Wildman–Crippen MR) is 76.1 cm³/mol. The van der Waals surface area contributed by atoms with E-state index in [1.165, 1.54) is 12.8 Å². The van der Waals surface area contributed by atoms with Crippen LogP contribution in [-0.2, 0) is 6.61 Å². The summed E-state index contributed by atoms with van der Waals surface area (Å²) in [4.78, 5) is 2.34. The number of aliphatic hydroxyl groups is 1. The van der Waals surface area contributed by atoms with Gasteiger partial charge in [-0.15, -0.1) is 0 Å². The number of hydrogen-bond donors (Lipinski definition) is 1. The van der Waals surface area contributed by atoms with Crippen molar-refractivity contribution in [1.82, 2.24) is 0 Å². The quantitative estimate of drug-likeness (QED) is 0.914. The maximum Gasteiger partial charge on any atom is 0.0702 e. The summed E-state index contributed by atoms with van der Waals surface area (Å²) < 4.78 is 0. The molecule has 0 bridgehead atoms. The summed E-state index contributed by atoms with van der Waals surface area (Å²) in [5.41, 5.74) is 2.07. The SMILES string of the molecule is CSC1CCN(c2cc(Cl)ccc2CO)CC1. The van der Waals surface area contributed by atoms with E-state index in [4.69, 9.17) is 11.6 Å². The number of benzene rings is 1. The van der Waals surface area contributed by atoms with Crippen LogP contribution in [0, 0.1) is 0 Å². The molecule has 0 atom stereocenters. The van der Waals surface area contributed by atoms with Crippen LogP contribution in [0.1, 0.15) is 18.4 Å². The molecule has 0 aliphatic carbocycles. The highest BCUT2D eigenvalue weighted by Crippen LogP contribution is 2.29. The maximum atomic E-state index is 9.36. The van der Waals surface area contributed by atoms with Crippen LogP contribution in [0.4, 0.5) is 5.69 Å². The third kappa shape index (κ3) is 3.09. The van der Waals surface area contributed by atoms with Gasteiger partial charge < -0.3 is 10.0 Å². The van der Waals surface area contributed by atoms with Gasteiger partial charge in [0.1, 0.15) is 0 Å². The Kier molecular flexibility index (Phi) is 4.60. The van der Waals surface area contributed by atoms with Gasteiger partial charge in [0.2, 0.25) is 0 Å². The van der Waals surface area contributed by atoms with Crippen LogP contribution in [0.3, 0.4) is 0 Å². The summed E-state index contributed by atoms with van der Waals surface area (Å²) in [6, 6.07) is 5.72. The smallest absolute Gasteiger partial charge is 0.0702 e. The molecule has 1 saturated heterocycles. The molecule has 1 aliphatic heterocycles. The van der Waals surface area contributed by atoms with E-state index in [0.717, 1.165) is 34.6 Å². The minimum Gasteiger partial charge on any atom is -0.392 e. The molecule has 1 fully saturated rings. The second kappa shape index (κ2) is 5.98. The van der Waals surface area contributed by atoms with Gasteiger partial charge in [0, 0.05) is 34.6 Å². The van der Waals surface area contributed by atoms with E-state index in [1.54, 1.807) is 0 Å². The number of anilines is 1. The van der Waals surface area contributed by atoms with E-state index in [-0.39, 0.29) is 6.61 Å². The Morgan fingerprint density at radius 3 is 2.71 bits per heavy atom. The lowest BCUT2D eigenvalue weighted by molar-refractivity contribution is 0.282. The fourth-order valence-electron chi connectivity index (χ4n) is 2.30. The summed E-state index contributed by atoms with van der Waals surface area (Å²) in [5.74, 6) is 0. The number of aliphatic hydroxyl groups excluding tert-OH is 1. The molecular weight excluding hydrogens is 254 g/mol. The second-order valence-electron chi connectivity index (χ2n) is 4.35. The predicted octanol–water partition coefficient (Wildman–Crippen LogP) is 3.16. The van der Waals surface area contributed by atoms with Gasteiger partial charge in [-0.3, -0.25) is 0 Å². The van der Waals surface area contributed by atoms with Crippen LogP contribution in [-0.4, -0.2) is 29.7 Å². The Hall–Kier alpha value is -0.380. The Morgan fingerprint density at radius 2 is 2.12 bits per heavy atom. The number of halogens is 1. The van der Waals surface area contributed by atoms with Crippen molar-refractivity contribution >= 4 is 29.1 Å². The number of hydrogen-bond acceptors (Lipinski definition) is 3. The lowest BCUT2D eigenvalue weighted by Crippen LogP contribution is -2.35. The average Bonchev–Trinajstić information content (AvgIpc) is 2.39. The molecule has 1 aliphatic rings. The molecule has 4 heteroatoms. The highest BCUT2D eigenvalue weighted by Gasteiger charge is 2.20. The standard InChI is InChI=1S/C13H18ClNOS/c1-17-12-4-6-15(7-5-12)13-8-11(14)3-2-10(13)9-16/h2-3,8,12,16H,4-7,9H2,1H3. The number of rotatable bonds is 3. The zero-order valence-electron chi connectivity index (χ0n) is 10.0. The largest absolute Gasteiger partial charge is 0.392 e. The van der Waals surface area contributed by atoms with E-state index >= 15 is 0 Å². The third-order valence-electron chi connectivity index (χ3n) is 3.33. The molecule has 17 heavy (non-hydrogen) atoms. The molecule has 0 aromatic heterocycles. The van der Waals surface area contributed by atoms with Crippen molar-refractivity contribution in [3.05, 3.63) is 28.8 Å². The van der Waals surface area contributed by atoms with Crippen LogP contribution < -0.4 is 4.90 Å². The van der Waals surface area contributed by atoms with Crippen LogP contribution in [0.5, 0.6) is 0 Å². The van der Waals surface area contributed by atoms with Crippen molar-refractivity contribution in [2.45, 2.75) is 24.7 Å². The lowest BCUT2D eigenvalue weighted by atomic mass is 10.1. The number of piperidine rings is 1. The molecular formula is C13H18ClNOS. The molecule has 1 aromatic carbocycles. The normalized spacial score (nSPS) is 17.5. The van der Waals surface area contributed by atoms with Gasteiger partial charge in [-0.1, -0.05) is 17.7 Å². The highest BCUT2D eigenvalue weighted by atomic mass is 35.5. The third-order valence-corrected chi connectivity index (χ3v) is 4.71. The van der Waals surface area contributed by atoms with E-state index in [9.17, 15) is 5.11 Å². The fraction of sp³-hybridized carbons (Fsp3) is 0.538. The van der Waals surface area contributed by atoms with Crippen LogP contribution in [0.15, 0.2) is 18.2 Å². The van der Waals surface area contributed by atoms with Crippen LogP contribution in [0.25, 0.3) is 0 Å². The molecule has 0 spiro atoms. The van der Waals surface area contributed by atoms with Gasteiger partial charge in [-0.05, 0) is 31.2 Å². The zero-order valence-corrected chi connectivity index (χ0v) is 11.6. The van der Waals surface area contributed by atoms with Crippen molar-refractivity contribution in [3.63, 3.8) is 0 Å². The summed E-state index contributed by atoms with van der Waals surface area (Å²) >= 11 is 7.99. The van der Waals surface area contributed by atoms with Gasteiger partial charge in [-0.25, -0.2) is 0 Å². The molecule has 0 saturated carbocycles. The maximum absolute atomic E-state index is 9.36. The minimum atomic E-state index is 0.0783. The van der Waals surface area contributed by atoms with Crippen molar-refractivity contribution in [2.24, 2.45) is 0 Å². The molecule has 94 valence electrons. The van der Waals surface area contributed by atoms with Gasteiger partial charge in [-0.2, -0.15) is 11.8 Å². The van der Waals surface area contributed by atoms with E-state index in [2.05, 4.69) is 11.2 Å². The Balaban J connectivity index is 2.14. The van der Waals surface area contributed by atoms with E-state index < -0.39 is 0 Å². The van der Waals surface area contributed by atoms with Crippen molar-refractivity contribution in [2.75, 3.05) is 24.2 Å². The monoisotopic (exact) mass is 271 g/mol. The van der Waals surface area contributed by atoms with Crippen LogP contribution >= 0.6 is 23.4 Å². The van der Waals surface area contributed by atoms with Gasteiger partial charge >= 0.3 is 0 Å². The van der Waals surface area contributed by atoms with Gasteiger partial charge in [0.05, 0.1) is 6.61 Å². The minimum absolute atomic E-state index is 0.0783. The van der Waals surface area contributed by atoms with Crippen molar-refractivity contribution < 1.29 is 5.11 Å². The Morgan fingerprint density at radius 1 is 1.41 bits per heavy atom. The molecule has 1 aromatic rings. The first-order valence-electron chi connectivity index (χ1n) is 5.91. The summed E-state index contributed by atoms with van der Waals surface area (Å²) in [5, 5.41) is 10.9. The topological polar surface area (TPSA) is 23.5 Å². The van der Waals surface area contributed by atoms with Crippen molar-refractivity contribution in [3.8, 4) is 0 Å². The lowest BCUT2D eigenvalue weighted by Gasteiger charge is -2.34.